The molecule has 1 atom stereocenters. The van der Waals surface area contributed by atoms with Gasteiger partial charge in [0.15, 0.2) is 0 Å². The van der Waals surface area contributed by atoms with Gasteiger partial charge in [0.25, 0.3) is 0 Å². The number of halogens is 2. The number of hydrogen-bond donors (Lipinski definition) is 1. The fourth-order valence-electron chi connectivity index (χ4n) is 2.49. The molecule has 1 aliphatic heterocycles. The van der Waals surface area contributed by atoms with Crippen molar-refractivity contribution in [1.82, 2.24) is 10.2 Å². The van der Waals surface area contributed by atoms with E-state index in [1.54, 1.807) is 0 Å². The van der Waals surface area contributed by atoms with Crippen molar-refractivity contribution >= 4 is 15.9 Å². The third-order valence-electron chi connectivity index (χ3n) is 3.60. The van der Waals surface area contributed by atoms with Gasteiger partial charge in [-0.25, -0.2) is 4.39 Å². The van der Waals surface area contributed by atoms with E-state index in [9.17, 15) is 4.39 Å². The van der Waals surface area contributed by atoms with E-state index in [-0.39, 0.29) is 5.82 Å². The van der Waals surface area contributed by atoms with Crippen molar-refractivity contribution in [3.8, 4) is 0 Å². The Hall–Kier alpha value is -0.450. The Morgan fingerprint density at radius 1 is 1.39 bits per heavy atom. The van der Waals surface area contributed by atoms with Crippen molar-refractivity contribution in [3.05, 3.63) is 34.1 Å². The molecule has 0 spiro atoms. The smallest absolute Gasteiger partial charge is 0.128 e. The van der Waals surface area contributed by atoms with Gasteiger partial charge in [0.2, 0.25) is 0 Å². The first kappa shape index (κ1) is 14.0. The van der Waals surface area contributed by atoms with Gasteiger partial charge >= 0.3 is 0 Å². The average molecular weight is 315 g/mol. The van der Waals surface area contributed by atoms with Crippen molar-refractivity contribution < 1.29 is 4.39 Å². The fraction of sp³-hybridized carbons (Fsp3) is 0.571. The minimum Gasteiger partial charge on any atom is -0.317 e. The van der Waals surface area contributed by atoms with Crippen LogP contribution in [0, 0.1) is 5.82 Å². The summed E-state index contributed by atoms with van der Waals surface area (Å²) >= 11 is 3.29. The second kappa shape index (κ2) is 6.64. The summed E-state index contributed by atoms with van der Waals surface area (Å²) in [5.74, 6) is -0.122. The van der Waals surface area contributed by atoms with Gasteiger partial charge in [0, 0.05) is 22.6 Å². The highest BCUT2D eigenvalue weighted by atomic mass is 79.9. The predicted octanol–water partition coefficient (Wildman–Crippen LogP) is 3.16. The predicted molar refractivity (Wildman–Crippen MR) is 76.1 cm³/mol. The minimum absolute atomic E-state index is 0.122. The fourth-order valence-corrected chi connectivity index (χ4v) is 2.82. The summed E-state index contributed by atoms with van der Waals surface area (Å²) in [7, 11) is 2.09. The highest BCUT2D eigenvalue weighted by Gasteiger charge is 2.17. The Morgan fingerprint density at radius 2 is 2.22 bits per heavy atom. The van der Waals surface area contributed by atoms with Crippen molar-refractivity contribution in [1.29, 1.82) is 0 Å². The van der Waals surface area contributed by atoms with Gasteiger partial charge in [-0.05, 0) is 51.5 Å². The van der Waals surface area contributed by atoms with Crippen molar-refractivity contribution in [2.75, 3.05) is 20.1 Å². The third-order valence-corrected chi connectivity index (χ3v) is 4.10. The Morgan fingerprint density at radius 3 is 3.00 bits per heavy atom. The molecule has 0 aromatic heterocycles. The number of nitrogens with zero attached hydrogens (tertiary/aromatic N) is 1. The van der Waals surface area contributed by atoms with Crippen LogP contribution in [0.3, 0.4) is 0 Å². The van der Waals surface area contributed by atoms with Crippen LogP contribution in [0.2, 0.25) is 0 Å². The summed E-state index contributed by atoms with van der Waals surface area (Å²) in [5, 5.41) is 3.41. The lowest BCUT2D eigenvalue weighted by molar-refractivity contribution is 0.214. The molecule has 0 bridgehead atoms. The van der Waals surface area contributed by atoms with Gasteiger partial charge in [0.1, 0.15) is 5.82 Å². The zero-order chi connectivity index (χ0) is 13.0. The molecule has 0 amide bonds. The second-order valence-corrected chi connectivity index (χ2v) is 5.90. The van der Waals surface area contributed by atoms with Gasteiger partial charge in [-0.3, -0.25) is 4.90 Å². The zero-order valence-electron chi connectivity index (χ0n) is 10.8. The molecule has 1 aliphatic rings. The highest BCUT2D eigenvalue weighted by Crippen LogP contribution is 2.19. The van der Waals surface area contributed by atoms with E-state index in [2.05, 4.69) is 33.2 Å². The second-order valence-electron chi connectivity index (χ2n) is 4.99. The first-order valence-corrected chi connectivity index (χ1v) is 7.31. The Balaban J connectivity index is 1.98. The van der Waals surface area contributed by atoms with E-state index >= 15 is 0 Å². The van der Waals surface area contributed by atoms with E-state index in [4.69, 9.17) is 0 Å². The van der Waals surface area contributed by atoms with E-state index in [1.807, 2.05) is 12.1 Å². The quantitative estimate of drug-likeness (QED) is 0.922. The number of nitrogens with one attached hydrogen (secondary N) is 1. The number of hydrogen-bond acceptors (Lipinski definition) is 2. The van der Waals surface area contributed by atoms with Crippen LogP contribution in [0.4, 0.5) is 4.39 Å². The summed E-state index contributed by atoms with van der Waals surface area (Å²) in [5.41, 5.74) is 0.776. The summed E-state index contributed by atoms with van der Waals surface area (Å²) in [4.78, 5) is 2.28. The van der Waals surface area contributed by atoms with Crippen LogP contribution in [-0.2, 0) is 6.54 Å². The average Bonchev–Trinajstić information content (AvgIpc) is 2.61. The van der Waals surface area contributed by atoms with E-state index in [0.717, 1.165) is 29.5 Å². The topological polar surface area (TPSA) is 15.3 Å². The Bertz CT molecular complexity index is 389. The molecule has 1 aromatic rings. The normalized spacial score (nSPS) is 21.0. The molecule has 0 radical (unpaired) electrons. The molecule has 2 nitrogen and oxygen atoms in total. The Kier molecular flexibility index (Phi) is 5.15. The van der Waals surface area contributed by atoms with Crippen LogP contribution >= 0.6 is 15.9 Å². The van der Waals surface area contributed by atoms with Crippen LogP contribution in [0.15, 0.2) is 22.7 Å². The first-order valence-electron chi connectivity index (χ1n) is 6.51. The maximum Gasteiger partial charge on any atom is 0.128 e. The van der Waals surface area contributed by atoms with Crippen molar-refractivity contribution in [2.24, 2.45) is 0 Å². The molecule has 1 heterocycles. The molecule has 0 saturated carbocycles. The summed E-state index contributed by atoms with van der Waals surface area (Å²) < 4.78 is 14.6. The maximum absolute atomic E-state index is 13.8. The lowest BCUT2D eigenvalue weighted by Crippen LogP contribution is -2.32. The molecule has 2 rings (SSSR count). The molecule has 1 unspecified atom stereocenters. The summed E-state index contributed by atoms with van der Waals surface area (Å²) in [6, 6.07) is 5.87. The van der Waals surface area contributed by atoms with E-state index < -0.39 is 0 Å². The van der Waals surface area contributed by atoms with Gasteiger partial charge in [-0.1, -0.05) is 22.0 Å². The van der Waals surface area contributed by atoms with Crippen molar-refractivity contribution in [3.63, 3.8) is 0 Å². The summed E-state index contributed by atoms with van der Waals surface area (Å²) in [6.07, 6.45) is 3.55. The van der Waals surface area contributed by atoms with Gasteiger partial charge in [0.05, 0.1) is 0 Å². The molecule has 0 aliphatic carbocycles. The minimum atomic E-state index is -0.122. The summed E-state index contributed by atoms with van der Waals surface area (Å²) in [6.45, 7) is 2.86. The number of benzene rings is 1. The first-order chi connectivity index (χ1) is 8.66. The molecule has 1 fully saturated rings. The van der Waals surface area contributed by atoms with Gasteiger partial charge < -0.3 is 5.32 Å². The van der Waals surface area contributed by atoms with Gasteiger partial charge in [-0.15, -0.1) is 0 Å². The molecule has 4 heteroatoms. The van der Waals surface area contributed by atoms with Crippen LogP contribution in [0.5, 0.6) is 0 Å². The van der Waals surface area contributed by atoms with Crippen LogP contribution < -0.4 is 5.32 Å². The van der Waals surface area contributed by atoms with Crippen molar-refractivity contribution in [2.45, 2.75) is 31.8 Å². The molecule has 18 heavy (non-hydrogen) atoms. The molecule has 100 valence electrons. The van der Waals surface area contributed by atoms with Crippen LogP contribution in [0.1, 0.15) is 24.8 Å². The number of rotatable bonds is 3. The SMILES string of the molecule is CN(Cc1ccc(Br)cc1F)C1CCCNCC1. The standard InChI is InChI=1S/C14H20BrFN2/c1-18(13-3-2-7-17-8-6-13)10-11-4-5-12(15)9-14(11)16/h4-5,9,13,17H,2-3,6-8,10H2,1H3. The maximum atomic E-state index is 13.8. The molecule has 1 aromatic carbocycles. The van der Waals surface area contributed by atoms with E-state index in [1.165, 1.54) is 18.9 Å². The lowest BCUT2D eigenvalue weighted by atomic mass is 10.1. The van der Waals surface area contributed by atoms with Crippen LogP contribution in [-0.4, -0.2) is 31.1 Å². The zero-order valence-corrected chi connectivity index (χ0v) is 12.3. The Labute approximate surface area is 117 Å². The largest absolute Gasteiger partial charge is 0.317 e. The van der Waals surface area contributed by atoms with Crippen LogP contribution in [0.25, 0.3) is 0 Å². The molecular formula is C14H20BrFN2. The molecule has 1 saturated heterocycles. The molecule has 1 N–H and O–H groups in total. The van der Waals surface area contributed by atoms with E-state index in [0.29, 0.717) is 12.6 Å². The lowest BCUT2D eigenvalue weighted by Gasteiger charge is -2.27. The third kappa shape index (κ3) is 3.77. The highest BCUT2D eigenvalue weighted by molar-refractivity contribution is 9.10. The monoisotopic (exact) mass is 314 g/mol. The van der Waals surface area contributed by atoms with Gasteiger partial charge in [-0.2, -0.15) is 0 Å². The molecular weight excluding hydrogens is 295 g/mol.